The van der Waals surface area contributed by atoms with Gasteiger partial charge in [-0.25, -0.2) is 0 Å². The maximum atomic E-state index is 8.46. The molecule has 2 aliphatic carbocycles. The molecule has 4 heteroatoms. The Hall–Kier alpha value is -0.990. The zero-order valence-corrected chi connectivity index (χ0v) is 9.18. The van der Waals surface area contributed by atoms with Crippen LogP contribution in [0, 0.1) is 0 Å². The standard InChI is InChI=1S/C10H10BrN3/c11-9-5-1-4-8-7(9)3-2-6-10(8)13-14-12/h1,3-5,9-10H,2,6H2. The second-order valence-electron chi connectivity index (χ2n) is 3.37. The summed E-state index contributed by atoms with van der Waals surface area (Å²) >= 11 is 3.58. The lowest BCUT2D eigenvalue weighted by Crippen LogP contribution is -2.19. The monoisotopic (exact) mass is 251 g/mol. The van der Waals surface area contributed by atoms with E-state index in [4.69, 9.17) is 5.53 Å². The van der Waals surface area contributed by atoms with Crippen molar-refractivity contribution in [2.75, 3.05) is 0 Å². The quantitative estimate of drug-likeness (QED) is 0.296. The Morgan fingerprint density at radius 1 is 1.50 bits per heavy atom. The largest absolute Gasteiger partial charge is 0.0859 e. The molecule has 0 aromatic carbocycles. The number of allylic oxidation sites excluding steroid dienone is 4. The molecule has 0 radical (unpaired) electrons. The van der Waals surface area contributed by atoms with E-state index in [1.54, 1.807) is 0 Å². The molecule has 0 saturated heterocycles. The molecule has 0 spiro atoms. The summed E-state index contributed by atoms with van der Waals surface area (Å²) in [6.45, 7) is 0. The molecule has 0 aliphatic heterocycles. The highest BCUT2D eigenvalue weighted by atomic mass is 79.9. The van der Waals surface area contributed by atoms with Gasteiger partial charge >= 0.3 is 0 Å². The number of nitrogens with zero attached hydrogens (tertiary/aromatic N) is 3. The van der Waals surface area contributed by atoms with Crippen LogP contribution in [0.5, 0.6) is 0 Å². The van der Waals surface area contributed by atoms with Crippen molar-refractivity contribution in [3.8, 4) is 0 Å². The van der Waals surface area contributed by atoms with E-state index in [9.17, 15) is 0 Å². The van der Waals surface area contributed by atoms with Gasteiger partial charge in [-0.05, 0) is 29.5 Å². The van der Waals surface area contributed by atoms with Gasteiger partial charge in [-0.1, -0.05) is 45.3 Å². The van der Waals surface area contributed by atoms with Crippen LogP contribution in [0.1, 0.15) is 12.8 Å². The Morgan fingerprint density at radius 2 is 2.36 bits per heavy atom. The van der Waals surface area contributed by atoms with Crippen LogP contribution in [-0.2, 0) is 0 Å². The average molecular weight is 252 g/mol. The van der Waals surface area contributed by atoms with Gasteiger partial charge < -0.3 is 0 Å². The summed E-state index contributed by atoms with van der Waals surface area (Å²) < 4.78 is 0. The van der Waals surface area contributed by atoms with E-state index in [0.717, 1.165) is 12.8 Å². The lowest BCUT2D eigenvalue weighted by molar-refractivity contribution is 0.670. The van der Waals surface area contributed by atoms with E-state index in [1.165, 1.54) is 11.1 Å². The van der Waals surface area contributed by atoms with Crippen LogP contribution in [0.15, 0.2) is 40.6 Å². The third kappa shape index (κ3) is 1.63. The number of hydrogen-bond donors (Lipinski definition) is 0. The van der Waals surface area contributed by atoms with Crippen LogP contribution < -0.4 is 0 Å². The Morgan fingerprint density at radius 3 is 3.14 bits per heavy atom. The minimum atomic E-state index is 0.0185. The van der Waals surface area contributed by atoms with E-state index in [0.29, 0.717) is 0 Å². The fraction of sp³-hybridized carbons (Fsp3) is 0.400. The molecule has 0 aromatic rings. The van der Waals surface area contributed by atoms with Crippen molar-refractivity contribution in [3.05, 3.63) is 45.9 Å². The van der Waals surface area contributed by atoms with Crippen LogP contribution in [-0.4, -0.2) is 10.9 Å². The summed E-state index contributed by atoms with van der Waals surface area (Å²) in [5.41, 5.74) is 10.9. The van der Waals surface area contributed by atoms with Crippen LogP contribution >= 0.6 is 15.9 Å². The zero-order valence-electron chi connectivity index (χ0n) is 7.60. The molecule has 0 heterocycles. The van der Waals surface area contributed by atoms with Crippen molar-refractivity contribution in [3.63, 3.8) is 0 Å². The fourth-order valence-electron chi connectivity index (χ4n) is 1.88. The van der Waals surface area contributed by atoms with Gasteiger partial charge in [0.2, 0.25) is 0 Å². The highest BCUT2D eigenvalue weighted by molar-refractivity contribution is 9.09. The molecule has 2 aliphatic rings. The van der Waals surface area contributed by atoms with Crippen LogP contribution in [0.3, 0.4) is 0 Å². The van der Waals surface area contributed by atoms with Gasteiger partial charge in [-0.15, -0.1) is 0 Å². The fourth-order valence-corrected chi connectivity index (χ4v) is 2.51. The first-order valence-corrected chi connectivity index (χ1v) is 5.51. The molecule has 0 bridgehead atoms. The molecule has 72 valence electrons. The van der Waals surface area contributed by atoms with Gasteiger partial charge in [0.25, 0.3) is 0 Å². The first-order valence-electron chi connectivity index (χ1n) is 4.60. The van der Waals surface area contributed by atoms with Gasteiger partial charge in [-0.2, -0.15) is 0 Å². The van der Waals surface area contributed by atoms with Crippen molar-refractivity contribution in [1.82, 2.24) is 0 Å². The van der Waals surface area contributed by atoms with Gasteiger partial charge in [0, 0.05) is 4.91 Å². The number of halogens is 1. The molecule has 0 aromatic heterocycles. The average Bonchev–Trinajstić information content (AvgIpc) is 2.20. The second kappa shape index (κ2) is 4.03. The topological polar surface area (TPSA) is 48.8 Å². The Kier molecular flexibility index (Phi) is 2.75. The molecule has 2 unspecified atom stereocenters. The summed E-state index contributed by atoms with van der Waals surface area (Å²) in [5, 5.41) is 3.82. The summed E-state index contributed by atoms with van der Waals surface area (Å²) in [4.78, 5) is 3.17. The number of hydrogen-bond acceptors (Lipinski definition) is 1. The number of azide groups is 1. The van der Waals surface area contributed by atoms with Gasteiger partial charge in [0.05, 0.1) is 10.9 Å². The Labute approximate surface area is 90.9 Å². The summed E-state index contributed by atoms with van der Waals surface area (Å²) in [6.07, 6.45) is 10.3. The number of fused-ring (bicyclic) bond motifs is 1. The number of rotatable bonds is 1. The van der Waals surface area contributed by atoms with Crippen LogP contribution in [0.25, 0.3) is 10.4 Å². The molecule has 0 N–H and O–H groups in total. The van der Waals surface area contributed by atoms with Crippen molar-refractivity contribution in [2.45, 2.75) is 23.7 Å². The summed E-state index contributed by atoms with van der Waals surface area (Å²) in [7, 11) is 0. The zero-order chi connectivity index (χ0) is 9.97. The summed E-state index contributed by atoms with van der Waals surface area (Å²) in [5.74, 6) is 0. The number of alkyl halides is 1. The van der Waals surface area contributed by atoms with Crippen molar-refractivity contribution in [2.24, 2.45) is 5.11 Å². The first-order chi connectivity index (χ1) is 6.83. The third-order valence-electron chi connectivity index (χ3n) is 2.54. The van der Waals surface area contributed by atoms with Crippen molar-refractivity contribution in [1.29, 1.82) is 0 Å². The first kappa shape index (κ1) is 9.56. The molecule has 2 rings (SSSR count). The molecule has 0 fully saturated rings. The molecule has 3 nitrogen and oxygen atoms in total. The lowest BCUT2D eigenvalue weighted by Gasteiger charge is -2.26. The van der Waals surface area contributed by atoms with E-state index in [1.807, 2.05) is 12.2 Å². The van der Waals surface area contributed by atoms with Gasteiger partial charge in [-0.3, -0.25) is 0 Å². The third-order valence-corrected chi connectivity index (χ3v) is 3.34. The van der Waals surface area contributed by atoms with E-state index >= 15 is 0 Å². The SMILES string of the molecule is [N-]=[N+]=NC1CCC=C2C1=CC=CC2Br. The Bertz CT molecular complexity index is 375. The lowest BCUT2D eigenvalue weighted by atomic mass is 9.85. The smallest absolute Gasteiger partial charge is 0.0631 e. The highest BCUT2D eigenvalue weighted by Gasteiger charge is 2.24. The second-order valence-corrected chi connectivity index (χ2v) is 4.35. The van der Waals surface area contributed by atoms with Crippen LogP contribution in [0.4, 0.5) is 0 Å². The normalized spacial score (nSPS) is 29.8. The van der Waals surface area contributed by atoms with E-state index < -0.39 is 0 Å². The highest BCUT2D eigenvalue weighted by Crippen LogP contribution is 2.34. The summed E-state index contributed by atoms with van der Waals surface area (Å²) in [6, 6.07) is 0.0185. The van der Waals surface area contributed by atoms with Gasteiger partial charge in [0.15, 0.2) is 0 Å². The predicted octanol–water partition coefficient (Wildman–Crippen LogP) is 3.65. The van der Waals surface area contributed by atoms with Crippen molar-refractivity contribution < 1.29 is 0 Å². The minimum absolute atomic E-state index is 0.0185. The van der Waals surface area contributed by atoms with Crippen molar-refractivity contribution >= 4 is 15.9 Å². The maximum Gasteiger partial charge on any atom is 0.0631 e. The van der Waals surface area contributed by atoms with Gasteiger partial charge in [0.1, 0.15) is 0 Å². The molecule has 0 saturated carbocycles. The predicted molar refractivity (Wildman–Crippen MR) is 60.2 cm³/mol. The Balaban J connectivity index is 2.37. The molecular weight excluding hydrogens is 242 g/mol. The molecular formula is C10H10BrN3. The van der Waals surface area contributed by atoms with E-state index in [2.05, 4.69) is 38.1 Å². The maximum absolute atomic E-state index is 8.46. The molecule has 2 atom stereocenters. The van der Waals surface area contributed by atoms with Crippen LogP contribution in [0.2, 0.25) is 0 Å². The minimum Gasteiger partial charge on any atom is -0.0859 e. The molecule has 14 heavy (non-hydrogen) atoms. The van der Waals surface area contributed by atoms with E-state index in [-0.39, 0.29) is 10.9 Å². The molecule has 0 amide bonds.